The van der Waals surface area contributed by atoms with Gasteiger partial charge in [0.05, 0.1) is 24.8 Å². The Balaban J connectivity index is 1.95. The van der Waals surface area contributed by atoms with Crippen LogP contribution < -0.4 is 11.1 Å². The van der Waals surface area contributed by atoms with E-state index in [1.54, 1.807) is 11.4 Å². The highest BCUT2D eigenvalue weighted by Crippen LogP contribution is 2.22. The Kier molecular flexibility index (Phi) is 4.74. The molecule has 1 aromatic heterocycles. The third-order valence-corrected chi connectivity index (χ3v) is 4.10. The zero-order valence-corrected chi connectivity index (χ0v) is 12.4. The van der Waals surface area contributed by atoms with Crippen molar-refractivity contribution in [1.82, 2.24) is 4.90 Å². The fourth-order valence-electron chi connectivity index (χ4n) is 2.14. The summed E-state index contributed by atoms with van der Waals surface area (Å²) in [4.78, 5) is 25.3. The minimum Gasteiger partial charge on any atom is -0.376 e. The lowest BCUT2D eigenvalue weighted by molar-refractivity contribution is -0.121. The van der Waals surface area contributed by atoms with Crippen molar-refractivity contribution in [1.29, 1.82) is 0 Å². The molecule has 1 fully saturated rings. The number of rotatable bonds is 4. The van der Waals surface area contributed by atoms with Crippen LogP contribution in [0.1, 0.15) is 24.2 Å². The second-order valence-corrected chi connectivity index (χ2v) is 5.91. The molecule has 6 nitrogen and oxygen atoms in total. The second kappa shape index (κ2) is 6.34. The first-order chi connectivity index (χ1) is 9.47. The monoisotopic (exact) mass is 297 g/mol. The maximum atomic E-state index is 12.1. The molecule has 20 heavy (non-hydrogen) atoms. The Labute approximate surface area is 121 Å². The number of hydrogen-bond acceptors (Lipinski definition) is 5. The van der Waals surface area contributed by atoms with Crippen LogP contribution >= 0.6 is 11.3 Å². The lowest BCUT2D eigenvalue weighted by atomic mass is 10.2. The molecular weight excluding hydrogens is 278 g/mol. The van der Waals surface area contributed by atoms with E-state index in [0.717, 1.165) is 6.54 Å². The van der Waals surface area contributed by atoms with Crippen LogP contribution in [0.3, 0.4) is 0 Å². The molecule has 0 aliphatic carbocycles. The normalized spacial score (nSPS) is 23.5. The molecule has 2 heterocycles. The minimum atomic E-state index is -0.532. The van der Waals surface area contributed by atoms with Crippen LogP contribution in [0, 0.1) is 0 Å². The Hall–Kier alpha value is -1.44. The average Bonchev–Trinajstić information content (AvgIpc) is 2.82. The molecule has 3 N–H and O–H groups in total. The summed E-state index contributed by atoms with van der Waals surface area (Å²) in [5, 5.41) is 4.99. The number of carbonyl (C=O) groups excluding carboxylic acids is 2. The van der Waals surface area contributed by atoms with Gasteiger partial charge in [-0.2, -0.15) is 0 Å². The maximum absolute atomic E-state index is 12.1. The van der Waals surface area contributed by atoms with Gasteiger partial charge in [0.2, 0.25) is 5.91 Å². The van der Waals surface area contributed by atoms with Crippen LogP contribution in [0.4, 0.5) is 5.00 Å². The summed E-state index contributed by atoms with van der Waals surface area (Å²) in [5.41, 5.74) is 5.60. The Morgan fingerprint density at radius 3 is 3.00 bits per heavy atom. The lowest BCUT2D eigenvalue weighted by Gasteiger charge is -2.36. The van der Waals surface area contributed by atoms with E-state index in [1.807, 2.05) is 13.8 Å². The van der Waals surface area contributed by atoms with Crippen molar-refractivity contribution in [3.8, 4) is 0 Å². The lowest BCUT2D eigenvalue weighted by Crippen LogP contribution is -2.50. The number of hydrogen-bond donors (Lipinski definition) is 2. The standard InChI is InChI=1S/C13H19N3O3S/c1-8-7-19-9(2)5-16(8)6-11(17)15-13-10(12(14)18)3-4-20-13/h3-4,8-9H,5-7H2,1-2H3,(H2,14,18)(H,15,17)/t8-,9+/m0/s1. The number of anilines is 1. The molecular formula is C13H19N3O3S. The summed E-state index contributed by atoms with van der Waals surface area (Å²) in [7, 11) is 0. The van der Waals surface area contributed by atoms with Crippen LogP contribution in [-0.2, 0) is 9.53 Å². The van der Waals surface area contributed by atoms with E-state index in [9.17, 15) is 9.59 Å². The number of nitrogens with zero attached hydrogens (tertiary/aromatic N) is 1. The number of thiophene rings is 1. The molecule has 1 saturated heterocycles. The van der Waals surface area contributed by atoms with E-state index in [-0.39, 0.29) is 24.6 Å². The molecule has 2 rings (SSSR count). The predicted octanol–water partition coefficient (Wildman–Crippen LogP) is 0.895. The van der Waals surface area contributed by atoms with Gasteiger partial charge < -0.3 is 15.8 Å². The molecule has 110 valence electrons. The molecule has 1 aliphatic heterocycles. The van der Waals surface area contributed by atoms with Crippen molar-refractivity contribution in [2.45, 2.75) is 26.0 Å². The first kappa shape index (κ1) is 15.0. The molecule has 2 atom stereocenters. The zero-order valence-electron chi connectivity index (χ0n) is 11.6. The van der Waals surface area contributed by atoms with Crippen molar-refractivity contribution in [3.63, 3.8) is 0 Å². The first-order valence-corrected chi connectivity index (χ1v) is 7.38. The van der Waals surface area contributed by atoms with Gasteiger partial charge in [0.15, 0.2) is 0 Å². The van der Waals surface area contributed by atoms with Crippen LogP contribution in [0.5, 0.6) is 0 Å². The predicted molar refractivity (Wildman–Crippen MR) is 77.9 cm³/mol. The van der Waals surface area contributed by atoms with Gasteiger partial charge in [-0.15, -0.1) is 11.3 Å². The van der Waals surface area contributed by atoms with Gasteiger partial charge >= 0.3 is 0 Å². The minimum absolute atomic E-state index is 0.127. The molecule has 1 aliphatic rings. The molecule has 0 spiro atoms. The highest BCUT2D eigenvalue weighted by atomic mass is 32.1. The van der Waals surface area contributed by atoms with Gasteiger partial charge in [-0.3, -0.25) is 14.5 Å². The van der Waals surface area contributed by atoms with Crippen molar-refractivity contribution in [2.75, 3.05) is 25.0 Å². The summed E-state index contributed by atoms with van der Waals surface area (Å²) in [5.74, 6) is -0.675. The van der Waals surface area contributed by atoms with Crippen LogP contribution in [-0.4, -0.2) is 48.6 Å². The number of nitrogens with two attached hydrogens (primary N) is 1. The topological polar surface area (TPSA) is 84.7 Å². The molecule has 0 aromatic carbocycles. The number of primary amides is 1. The van der Waals surface area contributed by atoms with E-state index < -0.39 is 5.91 Å². The number of ether oxygens (including phenoxy) is 1. The third kappa shape index (κ3) is 3.56. The summed E-state index contributed by atoms with van der Waals surface area (Å²) >= 11 is 1.29. The summed E-state index contributed by atoms with van der Waals surface area (Å²) in [6, 6.07) is 1.82. The Bertz CT molecular complexity index is 503. The van der Waals surface area contributed by atoms with Gasteiger partial charge in [0, 0.05) is 12.6 Å². The maximum Gasteiger partial charge on any atom is 0.251 e. The molecule has 7 heteroatoms. The average molecular weight is 297 g/mol. The highest BCUT2D eigenvalue weighted by Gasteiger charge is 2.25. The zero-order chi connectivity index (χ0) is 14.7. The van der Waals surface area contributed by atoms with Gasteiger partial charge in [0.1, 0.15) is 5.00 Å². The quantitative estimate of drug-likeness (QED) is 0.864. The molecule has 1 aromatic rings. The Morgan fingerprint density at radius 1 is 1.55 bits per heavy atom. The summed E-state index contributed by atoms with van der Waals surface area (Å²) in [6.07, 6.45) is 0.127. The van der Waals surface area contributed by atoms with Crippen molar-refractivity contribution < 1.29 is 14.3 Å². The fraction of sp³-hybridized carbons (Fsp3) is 0.538. The second-order valence-electron chi connectivity index (χ2n) is 5.00. The smallest absolute Gasteiger partial charge is 0.251 e. The SMILES string of the molecule is C[C@@H]1CN(CC(=O)Nc2sccc2C(N)=O)[C@@H](C)CO1. The molecule has 0 radical (unpaired) electrons. The van der Waals surface area contributed by atoms with Crippen LogP contribution in [0.25, 0.3) is 0 Å². The molecule has 0 unspecified atom stereocenters. The molecule has 0 bridgehead atoms. The fourth-order valence-corrected chi connectivity index (χ4v) is 2.95. The number of amides is 2. The first-order valence-electron chi connectivity index (χ1n) is 6.50. The number of morpholine rings is 1. The van der Waals surface area contributed by atoms with Crippen molar-refractivity contribution >= 4 is 28.2 Å². The van der Waals surface area contributed by atoms with Gasteiger partial charge in [-0.05, 0) is 25.3 Å². The Morgan fingerprint density at radius 2 is 2.30 bits per heavy atom. The van der Waals surface area contributed by atoms with Crippen LogP contribution in [0.2, 0.25) is 0 Å². The summed E-state index contributed by atoms with van der Waals surface area (Å²) in [6.45, 7) is 5.65. The van der Waals surface area contributed by atoms with E-state index in [1.165, 1.54) is 11.3 Å². The van der Waals surface area contributed by atoms with Crippen molar-refractivity contribution in [3.05, 3.63) is 17.0 Å². The largest absolute Gasteiger partial charge is 0.376 e. The summed E-state index contributed by atoms with van der Waals surface area (Å²) < 4.78 is 5.53. The molecule has 0 saturated carbocycles. The van der Waals surface area contributed by atoms with E-state index in [2.05, 4.69) is 10.2 Å². The highest BCUT2D eigenvalue weighted by molar-refractivity contribution is 7.14. The van der Waals surface area contributed by atoms with Gasteiger partial charge in [0.25, 0.3) is 5.91 Å². The van der Waals surface area contributed by atoms with Crippen LogP contribution in [0.15, 0.2) is 11.4 Å². The van der Waals surface area contributed by atoms with Crippen molar-refractivity contribution in [2.24, 2.45) is 5.73 Å². The van der Waals surface area contributed by atoms with Gasteiger partial charge in [-0.25, -0.2) is 0 Å². The van der Waals surface area contributed by atoms with E-state index in [0.29, 0.717) is 17.2 Å². The number of nitrogens with one attached hydrogen (secondary N) is 1. The van der Waals surface area contributed by atoms with E-state index >= 15 is 0 Å². The number of carbonyl (C=O) groups is 2. The third-order valence-electron chi connectivity index (χ3n) is 3.27. The van der Waals surface area contributed by atoms with E-state index in [4.69, 9.17) is 10.5 Å². The van der Waals surface area contributed by atoms with Gasteiger partial charge in [-0.1, -0.05) is 0 Å². The molecule has 2 amide bonds.